The van der Waals surface area contributed by atoms with Gasteiger partial charge in [-0.2, -0.15) is 0 Å². The number of carbonyl (C=O) groups is 1. The van der Waals surface area contributed by atoms with E-state index in [1.54, 1.807) is 0 Å². The van der Waals surface area contributed by atoms with E-state index in [-0.39, 0.29) is 16.6 Å². The van der Waals surface area contributed by atoms with Gasteiger partial charge in [0.2, 0.25) is 0 Å². The Kier molecular flexibility index (Phi) is 4.30. The molecule has 0 rings (SSSR count). The van der Waals surface area contributed by atoms with Crippen molar-refractivity contribution in [2.75, 3.05) is 11.5 Å². The summed E-state index contributed by atoms with van der Waals surface area (Å²) >= 11 is 1.50. The van der Waals surface area contributed by atoms with Crippen molar-refractivity contribution < 1.29 is 9.90 Å². The molecule has 0 atom stereocenters. The highest BCUT2D eigenvalue weighted by atomic mass is 32.2. The second-order valence-electron chi connectivity index (χ2n) is 5.02. The van der Waals surface area contributed by atoms with Gasteiger partial charge in [-0.1, -0.05) is 34.6 Å². The quantitative estimate of drug-likeness (QED) is 0.765. The summed E-state index contributed by atoms with van der Waals surface area (Å²) in [5.74, 6) is 0.372. The Morgan fingerprint density at radius 1 is 1.23 bits per heavy atom. The van der Waals surface area contributed by atoms with Crippen molar-refractivity contribution in [3.8, 4) is 0 Å². The standard InChI is InChI=1S/C10H20O2S/c1-9(2,3)10(4,5)7-13-6-8(11)12/h6-7H2,1-5H3,(H,11,12). The van der Waals surface area contributed by atoms with Crippen molar-refractivity contribution in [2.24, 2.45) is 10.8 Å². The van der Waals surface area contributed by atoms with E-state index in [0.29, 0.717) is 0 Å². The van der Waals surface area contributed by atoms with Crippen LogP contribution in [0.5, 0.6) is 0 Å². The lowest BCUT2D eigenvalue weighted by atomic mass is 9.71. The third-order valence-corrected chi connectivity index (χ3v) is 4.10. The molecule has 0 heterocycles. The van der Waals surface area contributed by atoms with Gasteiger partial charge in [0, 0.05) is 0 Å². The monoisotopic (exact) mass is 204 g/mol. The lowest BCUT2D eigenvalue weighted by molar-refractivity contribution is -0.133. The van der Waals surface area contributed by atoms with E-state index in [1.807, 2.05) is 0 Å². The maximum atomic E-state index is 10.3. The maximum Gasteiger partial charge on any atom is 0.313 e. The Bertz CT molecular complexity index is 180. The fourth-order valence-electron chi connectivity index (χ4n) is 0.610. The first-order chi connectivity index (χ1) is 5.67. The molecule has 0 fully saturated rings. The molecule has 0 amide bonds. The first-order valence-corrected chi connectivity index (χ1v) is 5.62. The highest BCUT2D eigenvalue weighted by Crippen LogP contribution is 2.40. The molecule has 0 aliphatic rings. The largest absolute Gasteiger partial charge is 0.481 e. The Hall–Kier alpha value is -0.180. The molecule has 0 radical (unpaired) electrons. The van der Waals surface area contributed by atoms with Crippen LogP contribution in [-0.4, -0.2) is 22.6 Å². The molecule has 0 aromatic heterocycles. The van der Waals surface area contributed by atoms with Crippen LogP contribution in [0.2, 0.25) is 0 Å². The Balaban J connectivity index is 3.97. The molecule has 0 saturated carbocycles. The SMILES string of the molecule is CC(C)(C)C(C)(C)CSCC(=O)O. The number of rotatable bonds is 4. The molecule has 2 nitrogen and oxygen atoms in total. The molecular formula is C10H20O2S. The average Bonchev–Trinajstić information content (AvgIpc) is 1.82. The molecule has 0 saturated heterocycles. The minimum atomic E-state index is -0.727. The van der Waals surface area contributed by atoms with Crippen molar-refractivity contribution in [1.29, 1.82) is 0 Å². The van der Waals surface area contributed by atoms with Gasteiger partial charge < -0.3 is 5.11 Å². The van der Waals surface area contributed by atoms with E-state index in [0.717, 1.165) is 5.75 Å². The van der Waals surface area contributed by atoms with Crippen molar-refractivity contribution in [3.63, 3.8) is 0 Å². The van der Waals surface area contributed by atoms with Crippen molar-refractivity contribution >= 4 is 17.7 Å². The Labute approximate surface area is 85.1 Å². The predicted octanol–water partition coefficient (Wildman–Crippen LogP) is 2.88. The predicted molar refractivity (Wildman–Crippen MR) is 58.2 cm³/mol. The molecule has 0 aromatic rings. The minimum Gasteiger partial charge on any atom is -0.481 e. The van der Waals surface area contributed by atoms with Crippen LogP contribution in [0.1, 0.15) is 34.6 Å². The van der Waals surface area contributed by atoms with Crippen molar-refractivity contribution in [1.82, 2.24) is 0 Å². The fourth-order valence-corrected chi connectivity index (χ4v) is 1.83. The van der Waals surface area contributed by atoms with E-state index in [2.05, 4.69) is 34.6 Å². The van der Waals surface area contributed by atoms with Gasteiger partial charge in [-0.3, -0.25) is 4.79 Å². The van der Waals surface area contributed by atoms with Gasteiger partial charge in [-0.05, 0) is 16.6 Å². The van der Waals surface area contributed by atoms with E-state index in [9.17, 15) is 4.79 Å². The second kappa shape index (κ2) is 4.36. The van der Waals surface area contributed by atoms with Gasteiger partial charge in [0.05, 0.1) is 5.75 Å². The zero-order chi connectivity index (χ0) is 10.7. The number of aliphatic carboxylic acids is 1. The maximum absolute atomic E-state index is 10.3. The lowest BCUT2D eigenvalue weighted by Crippen LogP contribution is -2.32. The topological polar surface area (TPSA) is 37.3 Å². The normalized spacial score (nSPS) is 13.0. The van der Waals surface area contributed by atoms with E-state index in [1.165, 1.54) is 11.8 Å². The highest BCUT2D eigenvalue weighted by molar-refractivity contribution is 7.99. The fraction of sp³-hybridized carbons (Fsp3) is 0.900. The third-order valence-electron chi connectivity index (χ3n) is 2.72. The van der Waals surface area contributed by atoms with Gasteiger partial charge in [-0.25, -0.2) is 0 Å². The van der Waals surface area contributed by atoms with Crippen LogP contribution in [0.4, 0.5) is 0 Å². The van der Waals surface area contributed by atoms with Crippen molar-refractivity contribution in [2.45, 2.75) is 34.6 Å². The molecule has 0 unspecified atom stereocenters. The highest BCUT2D eigenvalue weighted by Gasteiger charge is 2.32. The molecule has 0 aliphatic heterocycles. The zero-order valence-corrected chi connectivity index (χ0v) is 9.99. The van der Waals surface area contributed by atoms with E-state index >= 15 is 0 Å². The summed E-state index contributed by atoms with van der Waals surface area (Å²) < 4.78 is 0. The molecule has 0 aromatic carbocycles. The van der Waals surface area contributed by atoms with Gasteiger partial charge in [0.25, 0.3) is 0 Å². The number of carboxylic acids is 1. The summed E-state index contributed by atoms with van der Waals surface area (Å²) in [5.41, 5.74) is 0.394. The summed E-state index contributed by atoms with van der Waals surface area (Å²) in [6.07, 6.45) is 0. The van der Waals surface area contributed by atoms with Gasteiger partial charge >= 0.3 is 5.97 Å². The summed E-state index contributed by atoms with van der Waals surface area (Å²) in [5, 5.41) is 8.49. The van der Waals surface area contributed by atoms with Crippen LogP contribution in [0.3, 0.4) is 0 Å². The summed E-state index contributed by atoms with van der Waals surface area (Å²) in [4.78, 5) is 10.3. The van der Waals surface area contributed by atoms with Gasteiger partial charge in [0.1, 0.15) is 0 Å². The summed E-state index contributed by atoms with van der Waals surface area (Å²) in [6.45, 7) is 10.9. The molecule has 0 aliphatic carbocycles. The summed E-state index contributed by atoms with van der Waals surface area (Å²) in [6, 6.07) is 0. The second-order valence-corrected chi connectivity index (χ2v) is 6.01. The first kappa shape index (κ1) is 12.8. The third kappa shape index (κ3) is 4.55. The van der Waals surface area contributed by atoms with Gasteiger partial charge in [-0.15, -0.1) is 11.8 Å². The molecular weight excluding hydrogens is 184 g/mol. The molecule has 1 N–H and O–H groups in total. The summed E-state index contributed by atoms with van der Waals surface area (Å²) in [7, 11) is 0. The molecule has 0 spiro atoms. The number of hydrogen-bond donors (Lipinski definition) is 1. The molecule has 0 bridgehead atoms. The average molecular weight is 204 g/mol. The van der Waals surface area contributed by atoms with Crippen LogP contribution in [-0.2, 0) is 4.79 Å². The number of thioether (sulfide) groups is 1. The van der Waals surface area contributed by atoms with Gasteiger partial charge in [0.15, 0.2) is 0 Å². The number of carboxylic acid groups (broad SMARTS) is 1. The van der Waals surface area contributed by atoms with Crippen molar-refractivity contribution in [3.05, 3.63) is 0 Å². The number of hydrogen-bond acceptors (Lipinski definition) is 2. The molecule has 3 heteroatoms. The van der Waals surface area contributed by atoms with Crippen LogP contribution in [0.15, 0.2) is 0 Å². The smallest absolute Gasteiger partial charge is 0.313 e. The van der Waals surface area contributed by atoms with E-state index in [4.69, 9.17) is 5.11 Å². The first-order valence-electron chi connectivity index (χ1n) is 4.46. The minimum absolute atomic E-state index is 0.174. The van der Waals surface area contributed by atoms with Crippen LogP contribution in [0, 0.1) is 10.8 Å². The van der Waals surface area contributed by atoms with Crippen LogP contribution in [0.25, 0.3) is 0 Å². The van der Waals surface area contributed by atoms with E-state index < -0.39 is 5.97 Å². The molecule has 13 heavy (non-hydrogen) atoms. The van der Waals surface area contributed by atoms with Crippen LogP contribution < -0.4 is 0 Å². The Morgan fingerprint density at radius 2 is 1.69 bits per heavy atom. The Morgan fingerprint density at radius 3 is 2.00 bits per heavy atom. The molecule has 78 valence electrons. The van der Waals surface area contributed by atoms with Crippen LogP contribution >= 0.6 is 11.8 Å². The zero-order valence-electron chi connectivity index (χ0n) is 9.18. The lowest BCUT2D eigenvalue weighted by Gasteiger charge is -2.38.